The Labute approximate surface area is 90.2 Å². The molecule has 0 unspecified atom stereocenters. The predicted octanol–water partition coefficient (Wildman–Crippen LogP) is 1.87. The summed E-state index contributed by atoms with van der Waals surface area (Å²) in [4.78, 5) is 13.6. The molecule has 0 atom stereocenters. The monoisotopic (exact) mass is 216 g/mol. The molecule has 3 heterocycles. The summed E-state index contributed by atoms with van der Waals surface area (Å²) in [5, 5.41) is 0. The molecule has 4 nitrogen and oxygen atoms in total. The van der Waals surface area contributed by atoms with E-state index in [1.54, 1.807) is 23.7 Å². The molecule has 0 aliphatic carbocycles. The van der Waals surface area contributed by atoms with Crippen molar-refractivity contribution < 1.29 is 0 Å². The lowest BCUT2D eigenvalue weighted by Crippen LogP contribution is -1.93. The van der Waals surface area contributed by atoms with Crippen LogP contribution in [0.3, 0.4) is 0 Å². The first-order valence-electron chi connectivity index (χ1n) is 4.56. The molecule has 15 heavy (non-hydrogen) atoms. The third-order valence-electron chi connectivity index (χ3n) is 2.27. The zero-order valence-corrected chi connectivity index (χ0v) is 8.66. The van der Waals surface area contributed by atoms with E-state index in [1.807, 2.05) is 12.3 Å². The highest BCUT2D eigenvalue weighted by Gasteiger charge is 2.12. The van der Waals surface area contributed by atoms with Crippen LogP contribution < -0.4 is 5.73 Å². The summed E-state index contributed by atoms with van der Waals surface area (Å²) in [6.07, 6.45) is 8.29. The summed E-state index contributed by atoms with van der Waals surface area (Å²) in [5.74, 6) is 0.321. The third-order valence-corrected chi connectivity index (χ3v) is 3.42. The SMILES string of the molecule is Nc1ncc2sc3c(c2n1)C=CN=CC3. The quantitative estimate of drug-likeness (QED) is 0.731. The molecule has 74 valence electrons. The Hall–Kier alpha value is -1.75. The predicted molar refractivity (Wildman–Crippen MR) is 63.1 cm³/mol. The molecule has 0 spiro atoms. The molecule has 1 aliphatic rings. The van der Waals surface area contributed by atoms with E-state index in [2.05, 4.69) is 15.0 Å². The Morgan fingerprint density at radius 3 is 3.27 bits per heavy atom. The Balaban J connectivity index is 2.35. The molecule has 2 N–H and O–H groups in total. The molecule has 3 rings (SSSR count). The van der Waals surface area contributed by atoms with Crippen LogP contribution >= 0.6 is 11.3 Å². The molecule has 1 aliphatic heterocycles. The third kappa shape index (κ3) is 1.32. The number of fused-ring (bicyclic) bond motifs is 3. The van der Waals surface area contributed by atoms with Gasteiger partial charge in [0.25, 0.3) is 0 Å². The number of aromatic nitrogens is 2. The van der Waals surface area contributed by atoms with Crippen molar-refractivity contribution in [1.29, 1.82) is 0 Å². The molecule has 5 heteroatoms. The molecule has 0 aromatic carbocycles. The molecule has 2 aromatic rings. The van der Waals surface area contributed by atoms with Crippen LogP contribution in [-0.4, -0.2) is 16.2 Å². The summed E-state index contributed by atoms with van der Waals surface area (Å²) in [7, 11) is 0. The average Bonchev–Trinajstić information content (AvgIpc) is 2.44. The van der Waals surface area contributed by atoms with Crippen LogP contribution in [-0.2, 0) is 6.42 Å². The van der Waals surface area contributed by atoms with Gasteiger partial charge < -0.3 is 5.73 Å². The number of rotatable bonds is 0. The lowest BCUT2D eigenvalue weighted by molar-refractivity contribution is 1.24. The van der Waals surface area contributed by atoms with E-state index < -0.39 is 0 Å². The maximum Gasteiger partial charge on any atom is 0.220 e. The van der Waals surface area contributed by atoms with Gasteiger partial charge in [-0.1, -0.05) is 0 Å². The van der Waals surface area contributed by atoms with Crippen molar-refractivity contribution in [2.24, 2.45) is 4.99 Å². The Kier molecular flexibility index (Phi) is 1.78. The van der Waals surface area contributed by atoms with E-state index in [1.165, 1.54) is 4.88 Å². The van der Waals surface area contributed by atoms with Gasteiger partial charge in [-0.2, -0.15) is 0 Å². The number of nitrogens with two attached hydrogens (primary N) is 1. The standard InChI is InChI=1S/C10H8N4S/c11-10-13-5-8-9(14-10)6-1-3-12-4-2-7(6)15-8/h1,3-5H,2H2,(H2,11,13,14). The van der Waals surface area contributed by atoms with Gasteiger partial charge in [0, 0.05) is 29.3 Å². The van der Waals surface area contributed by atoms with Gasteiger partial charge in [-0.15, -0.1) is 11.3 Å². The lowest BCUT2D eigenvalue weighted by atomic mass is 10.2. The molecular weight excluding hydrogens is 208 g/mol. The molecule has 0 saturated heterocycles. The second-order valence-corrected chi connectivity index (χ2v) is 4.37. The Bertz CT molecular complexity index is 582. The topological polar surface area (TPSA) is 64.2 Å². The fraction of sp³-hybridized carbons (Fsp3) is 0.100. The highest BCUT2D eigenvalue weighted by atomic mass is 32.1. The average molecular weight is 216 g/mol. The van der Waals surface area contributed by atoms with Gasteiger partial charge in [-0.25, -0.2) is 9.97 Å². The normalized spacial score (nSPS) is 14.1. The molecule has 0 fully saturated rings. The Morgan fingerprint density at radius 2 is 2.33 bits per heavy atom. The van der Waals surface area contributed by atoms with Gasteiger partial charge in [0.1, 0.15) is 0 Å². The van der Waals surface area contributed by atoms with E-state index in [0.29, 0.717) is 5.95 Å². The number of thiophene rings is 1. The number of aliphatic imine (C=N–C) groups is 1. The van der Waals surface area contributed by atoms with Crippen LogP contribution in [0.25, 0.3) is 16.3 Å². The van der Waals surface area contributed by atoms with Crippen LogP contribution in [0, 0.1) is 0 Å². The number of nitrogens with zero attached hydrogens (tertiary/aromatic N) is 3. The van der Waals surface area contributed by atoms with Crippen molar-refractivity contribution in [1.82, 2.24) is 9.97 Å². The molecule has 2 aromatic heterocycles. The summed E-state index contributed by atoms with van der Waals surface area (Å²) < 4.78 is 1.08. The first-order chi connectivity index (χ1) is 7.34. The van der Waals surface area contributed by atoms with Crippen molar-refractivity contribution in [3.63, 3.8) is 0 Å². The lowest BCUT2D eigenvalue weighted by Gasteiger charge is -1.93. The molecule has 0 bridgehead atoms. The van der Waals surface area contributed by atoms with Gasteiger partial charge in [-0.05, 0) is 6.08 Å². The maximum atomic E-state index is 5.58. The van der Waals surface area contributed by atoms with Crippen molar-refractivity contribution >= 4 is 39.8 Å². The van der Waals surface area contributed by atoms with Crippen LogP contribution in [0.5, 0.6) is 0 Å². The first kappa shape index (κ1) is 8.55. The fourth-order valence-electron chi connectivity index (χ4n) is 1.61. The second kappa shape index (κ2) is 3.13. The highest BCUT2D eigenvalue weighted by molar-refractivity contribution is 7.19. The fourth-order valence-corrected chi connectivity index (χ4v) is 2.67. The zero-order chi connectivity index (χ0) is 10.3. The molecular formula is C10H8N4S. The summed E-state index contributed by atoms with van der Waals surface area (Å²) in [6, 6.07) is 0. The van der Waals surface area contributed by atoms with Gasteiger partial charge in [0.05, 0.1) is 16.4 Å². The first-order valence-corrected chi connectivity index (χ1v) is 5.38. The molecule has 0 amide bonds. The molecule has 0 radical (unpaired) electrons. The van der Waals surface area contributed by atoms with Gasteiger partial charge in [-0.3, -0.25) is 4.99 Å². The van der Waals surface area contributed by atoms with Crippen LogP contribution in [0.15, 0.2) is 17.4 Å². The number of hydrogen-bond acceptors (Lipinski definition) is 5. The van der Waals surface area contributed by atoms with E-state index in [9.17, 15) is 0 Å². The van der Waals surface area contributed by atoms with Crippen molar-refractivity contribution in [3.05, 3.63) is 22.8 Å². The maximum absolute atomic E-state index is 5.58. The van der Waals surface area contributed by atoms with E-state index >= 15 is 0 Å². The van der Waals surface area contributed by atoms with Gasteiger partial charge >= 0.3 is 0 Å². The summed E-state index contributed by atoms with van der Waals surface area (Å²) in [5.41, 5.74) is 7.64. The van der Waals surface area contributed by atoms with Crippen molar-refractivity contribution in [2.75, 3.05) is 5.73 Å². The second-order valence-electron chi connectivity index (χ2n) is 3.23. The smallest absolute Gasteiger partial charge is 0.220 e. The minimum atomic E-state index is 0.321. The number of anilines is 1. The minimum absolute atomic E-state index is 0.321. The molecule has 0 saturated carbocycles. The Morgan fingerprint density at radius 1 is 1.40 bits per heavy atom. The minimum Gasteiger partial charge on any atom is -0.368 e. The van der Waals surface area contributed by atoms with Crippen LogP contribution in [0.4, 0.5) is 5.95 Å². The summed E-state index contributed by atoms with van der Waals surface area (Å²) in [6.45, 7) is 0. The highest BCUT2D eigenvalue weighted by Crippen LogP contribution is 2.31. The van der Waals surface area contributed by atoms with E-state index in [-0.39, 0.29) is 0 Å². The summed E-state index contributed by atoms with van der Waals surface area (Å²) >= 11 is 1.70. The van der Waals surface area contributed by atoms with Crippen LogP contribution in [0.1, 0.15) is 10.4 Å². The van der Waals surface area contributed by atoms with Crippen LogP contribution in [0.2, 0.25) is 0 Å². The zero-order valence-electron chi connectivity index (χ0n) is 7.84. The van der Waals surface area contributed by atoms with E-state index in [0.717, 1.165) is 22.2 Å². The number of nitrogen functional groups attached to an aromatic ring is 1. The number of hydrogen-bond donors (Lipinski definition) is 1. The largest absolute Gasteiger partial charge is 0.368 e. The van der Waals surface area contributed by atoms with Gasteiger partial charge in [0.2, 0.25) is 5.95 Å². The van der Waals surface area contributed by atoms with Crippen molar-refractivity contribution in [3.8, 4) is 0 Å². The van der Waals surface area contributed by atoms with E-state index in [4.69, 9.17) is 5.73 Å². The van der Waals surface area contributed by atoms with Gasteiger partial charge in [0.15, 0.2) is 0 Å². The van der Waals surface area contributed by atoms with Crippen molar-refractivity contribution in [2.45, 2.75) is 6.42 Å².